The molecule has 0 aliphatic heterocycles. The van der Waals surface area contributed by atoms with Crippen molar-refractivity contribution < 1.29 is 33.0 Å². The number of nitrogens with one attached hydrogen (secondary N) is 2. The molecule has 41 heavy (non-hydrogen) atoms. The third-order valence-corrected chi connectivity index (χ3v) is 5.47. The Morgan fingerprint density at radius 3 is 2.37 bits per heavy atom. The van der Waals surface area contributed by atoms with E-state index >= 15 is 0 Å². The maximum absolute atomic E-state index is 14.4. The molecule has 3 aromatic rings. The minimum atomic E-state index is -3.64. The average Bonchev–Trinajstić information content (AvgIpc) is 2.86. The van der Waals surface area contributed by atoms with Crippen LogP contribution in [-0.2, 0) is 16.1 Å². The second kappa shape index (κ2) is 12.1. The highest BCUT2D eigenvalue weighted by Crippen LogP contribution is 2.22. The number of benzene rings is 1. The van der Waals surface area contributed by atoms with Gasteiger partial charge in [-0.3, -0.25) is 4.79 Å². The minimum Gasteiger partial charge on any atom is -0.480 e. The second-order valence-corrected chi connectivity index (χ2v) is 10.2. The number of ether oxygens (including phenoxy) is 1. The van der Waals surface area contributed by atoms with E-state index in [-0.39, 0.29) is 23.0 Å². The molecular formula is C25H31F2N9O5. The van der Waals surface area contributed by atoms with Gasteiger partial charge in [0.05, 0.1) is 25.0 Å². The van der Waals surface area contributed by atoms with Gasteiger partial charge in [-0.05, 0) is 45.0 Å². The first-order valence-corrected chi connectivity index (χ1v) is 12.3. The number of alkyl carbamates (subject to hydrolysis) is 1. The van der Waals surface area contributed by atoms with E-state index in [1.54, 1.807) is 44.9 Å². The molecule has 2 aromatic heterocycles. The van der Waals surface area contributed by atoms with E-state index in [1.807, 2.05) is 5.32 Å². The molecule has 2 heterocycles. The Labute approximate surface area is 233 Å². The maximum atomic E-state index is 14.4. The number of halogens is 2. The Kier molecular flexibility index (Phi) is 9.04. The number of aliphatic carboxylic acids is 1. The van der Waals surface area contributed by atoms with E-state index in [0.717, 1.165) is 0 Å². The number of amides is 2. The number of nitrogens with two attached hydrogens (primary N) is 2. The predicted octanol–water partition coefficient (Wildman–Crippen LogP) is 1.95. The Hall–Kier alpha value is -4.89. The average molecular weight is 576 g/mol. The van der Waals surface area contributed by atoms with Gasteiger partial charge in [0.1, 0.15) is 11.6 Å². The van der Waals surface area contributed by atoms with Gasteiger partial charge in [0.25, 0.3) is 11.8 Å². The molecule has 0 aliphatic rings. The second-order valence-electron chi connectivity index (χ2n) is 10.2. The fourth-order valence-electron chi connectivity index (χ4n) is 3.59. The van der Waals surface area contributed by atoms with E-state index in [1.165, 1.54) is 18.3 Å². The van der Waals surface area contributed by atoms with Crippen LogP contribution in [0.5, 0.6) is 0 Å². The highest BCUT2D eigenvalue weighted by Gasteiger charge is 2.37. The molecule has 220 valence electrons. The highest BCUT2D eigenvalue weighted by molar-refractivity contribution is 5.96. The number of alkyl halides is 2. The van der Waals surface area contributed by atoms with Crippen molar-refractivity contribution in [1.29, 1.82) is 0 Å². The number of carboxylic acid groups (broad SMARTS) is 1. The number of nitrogen functional groups attached to an aromatic ring is 2. The Morgan fingerprint density at radius 2 is 1.76 bits per heavy atom. The van der Waals surface area contributed by atoms with Gasteiger partial charge < -0.3 is 36.8 Å². The van der Waals surface area contributed by atoms with Crippen molar-refractivity contribution in [2.45, 2.75) is 51.3 Å². The van der Waals surface area contributed by atoms with Crippen LogP contribution in [0.4, 0.5) is 31.0 Å². The maximum Gasteiger partial charge on any atom is 0.407 e. The van der Waals surface area contributed by atoms with Crippen LogP contribution in [0.25, 0.3) is 11.2 Å². The van der Waals surface area contributed by atoms with Gasteiger partial charge >= 0.3 is 12.1 Å². The summed E-state index contributed by atoms with van der Waals surface area (Å²) in [7, 11) is 1.76. The normalized spacial score (nSPS) is 12.4. The van der Waals surface area contributed by atoms with Gasteiger partial charge in [0.15, 0.2) is 17.0 Å². The lowest BCUT2D eigenvalue weighted by Crippen LogP contribution is -2.48. The van der Waals surface area contributed by atoms with Crippen LogP contribution in [0.2, 0.25) is 0 Å². The van der Waals surface area contributed by atoms with Gasteiger partial charge in [-0.25, -0.2) is 28.3 Å². The minimum absolute atomic E-state index is 0.0168. The molecule has 0 saturated carbocycles. The molecule has 1 aromatic carbocycles. The summed E-state index contributed by atoms with van der Waals surface area (Å²) < 4.78 is 33.7. The van der Waals surface area contributed by atoms with E-state index in [0.29, 0.717) is 23.4 Å². The molecule has 0 aliphatic carbocycles. The van der Waals surface area contributed by atoms with Crippen LogP contribution in [0.3, 0.4) is 0 Å². The van der Waals surface area contributed by atoms with Crippen LogP contribution in [0.1, 0.15) is 43.2 Å². The number of aromatic nitrogens is 4. The summed E-state index contributed by atoms with van der Waals surface area (Å²) >= 11 is 0. The number of hydrogen-bond acceptors (Lipinski definition) is 11. The monoisotopic (exact) mass is 575 g/mol. The van der Waals surface area contributed by atoms with Crippen molar-refractivity contribution in [3.8, 4) is 0 Å². The molecule has 0 saturated heterocycles. The summed E-state index contributed by atoms with van der Waals surface area (Å²) in [5.41, 5.74) is 12.4. The first kappa shape index (κ1) is 30.6. The molecule has 7 N–H and O–H groups in total. The fourth-order valence-corrected chi connectivity index (χ4v) is 3.59. The highest BCUT2D eigenvalue weighted by atomic mass is 19.3. The van der Waals surface area contributed by atoms with Crippen molar-refractivity contribution >= 4 is 46.6 Å². The lowest BCUT2D eigenvalue weighted by Gasteiger charge is -2.24. The fraction of sp³-hybridized carbons (Fsp3) is 0.400. The Balaban J connectivity index is 1.61. The number of anilines is 3. The van der Waals surface area contributed by atoms with Gasteiger partial charge in [-0.2, -0.15) is 9.97 Å². The topological polar surface area (TPSA) is 212 Å². The third kappa shape index (κ3) is 8.81. The van der Waals surface area contributed by atoms with Crippen LogP contribution in [0, 0.1) is 0 Å². The SMILES string of the molecule is CN(Cc1cnc2nc(N)nc(N)c2n1)c1ccc(C(=O)NC(CC(F)(F)CNC(=O)OC(C)(C)C)C(=O)O)cc1. The van der Waals surface area contributed by atoms with E-state index < -0.39 is 48.5 Å². The molecule has 1 unspecified atom stereocenters. The third-order valence-electron chi connectivity index (χ3n) is 5.47. The molecular weight excluding hydrogens is 544 g/mol. The van der Waals surface area contributed by atoms with Crippen LogP contribution < -0.4 is 27.0 Å². The number of fused-ring (bicyclic) bond motifs is 1. The number of carbonyl (C=O) groups excluding carboxylic acids is 2. The molecule has 2 amide bonds. The lowest BCUT2D eigenvalue weighted by molar-refractivity contribution is -0.142. The van der Waals surface area contributed by atoms with Crippen molar-refractivity contribution in [1.82, 2.24) is 30.6 Å². The molecule has 0 radical (unpaired) electrons. The number of carbonyl (C=O) groups is 3. The predicted molar refractivity (Wildman–Crippen MR) is 145 cm³/mol. The smallest absolute Gasteiger partial charge is 0.407 e. The van der Waals surface area contributed by atoms with Gasteiger partial charge in [-0.15, -0.1) is 0 Å². The first-order valence-electron chi connectivity index (χ1n) is 12.3. The Bertz CT molecular complexity index is 1430. The number of carboxylic acids is 1. The van der Waals surface area contributed by atoms with Gasteiger partial charge in [0, 0.05) is 24.7 Å². The van der Waals surface area contributed by atoms with E-state index in [9.17, 15) is 28.3 Å². The van der Waals surface area contributed by atoms with Gasteiger partial charge in [0.2, 0.25) is 5.95 Å². The van der Waals surface area contributed by atoms with Crippen LogP contribution in [-0.4, -0.2) is 74.2 Å². The molecule has 1 atom stereocenters. The molecule has 0 spiro atoms. The summed E-state index contributed by atoms with van der Waals surface area (Å²) in [6.07, 6.45) is -0.814. The zero-order valence-corrected chi connectivity index (χ0v) is 22.8. The van der Waals surface area contributed by atoms with Gasteiger partial charge in [-0.1, -0.05) is 0 Å². The molecule has 14 nitrogen and oxygen atoms in total. The number of nitrogens with zero attached hydrogens (tertiary/aromatic N) is 5. The quantitative estimate of drug-likeness (QED) is 0.235. The van der Waals surface area contributed by atoms with Crippen molar-refractivity contribution in [2.24, 2.45) is 0 Å². The van der Waals surface area contributed by atoms with Crippen LogP contribution in [0.15, 0.2) is 30.5 Å². The molecule has 16 heteroatoms. The van der Waals surface area contributed by atoms with E-state index in [2.05, 4.69) is 25.3 Å². The summed E-state index contributed by atoms with van der Waals surface area (Å²) in [6.45, 7) is 3.82. The number of rotatable bonds is 10. The first-order chi connectivity index (χ1) is 19.0. The zero-order valence-electron chi connectivity index (χ0n) is 22.8. The van der Waals surface area contributed by atoms with Crippen molar-refractivity contribution in [2.75, 3.05) is 30.0 Å². The van der Waals surface area contributed by atoms with E-state index in [4.69, 9.17) is 16.2 Å². The largest absolute Gasteiger partial charge is 0.480 e. The Morgan fingerprint density at radius 1 is 1.10 bits per heavy atom. The van der Waals surface area contributed by atoms with Crippen LogP contribution >= 0.6 is 0 Å². The molecule has 3 rings (SSSR count). The lowest BCUT2D eigenvalue weighted by atomic mass is 10.1. The standard InChI is InChI=1S/C25H31F2N9O5/c1-24(2,3)41-23(40)31-12-25(26,27)9-16(21(38)39)33-20(37)13-5-7-15(8-6-13)36(4)11-14-10-30-19-17(32-14)18(28)34-22(29)35-19/h5-8,10,16H,9,11-12H2,1-4H3,(H,31,40)(H,33,37)(H,38,39)(H4,28,29,30,34,35). The van der Waals surface area contributed by atoms with Crippen molar-refractivity contribution in [3.05, 3.63) is 41.7 Å². The molecule has 0 bridgehead atoms. The summed E-state index contributed by atoms with van der Waals surface area (Å²) in [6, 6.07) is 4.11. The molecule has 0 fully saturated rings. The van der Waals surface area contributed by atoms with Crippen molar-refractivity contribution in [3.63, 3.8) is 0 Å². The summed E-state index contributed by atoms with van der Waals surface area (Å²) in [4.78, 5) is 54.2. The zero-order chi connectivity index (χ0) is 30.5. The summed E-state index contributed by atoms with van der Waals surface area (Å²) in [5, 5.41) is 13.4. The number of hydrogen-bond donors (Lipinski definition) is 5. The summed E-state index contributed by atoms with van der Waals surface area (Å²) in [5.74, 6) is -6.09.